The Morgan fingerprint density at radius 2 is 1.93 bits per heavy atom. The number of aromatic nitrogens is 2. The molecule has 0 aliphatic rings. The number of hydrogen-bond donors (Lipinski definition) is 2. The molecule has 140 valence electrons. The van der Waals surface area contributed by atoms with E-state index in [2.05, 4.69) is 15.3 Å². The Hall–Kier alpha value is -3.15. The van der Waals surface area contributed by atoms with Gasteiger partial charge in [0, 0.05) is 36.3 Å². The molecule has 0 fully saturated rings. The van der Waals surface area contributed by atoms with Gasteiger partial charge in [-0.3, -0.25) is 4.79 Å². The summed E-state index contributed by atoms with van der Waals surface area (Å²) in [4.78, 5) is 32.3. The van der Waals surface area contributed by atoms with Gasteiger partial charge in [0.15, 0.2) is 0 Å². The minimum absolute atomic E-state index is 0.190. The van der Waals surface area contributed by atoms with Crippen LogP contribution in [0.1, 0.15) is 52.9 Å². The number of H-pyrrole nitrogens is 1. The van der Waals surface area contributed by atoms with Crippen LogP contribution in [0.25, 0.3) is 10.9 Å². The number of amides is 1. The van der Waals surface area contributed by atoms with Crippen molar-refractivity contribution in [1.29, 1.82) is 0 Å². The Morgan fingerprint density at radius 3 is 2.63 bits per heavy atom. The quantitative estimate of drug-likeness (QED) is 0.694. The number of nitrogens with one attached hydrogen (secondary N) is 2. The third kappa shape index (κ3) is 4.34. The molecule has 6 heteroatoms. The fourth-order valence-corrected chi connectivity index (χ4v) is 2.85. The van der Waals surface area contributed by atoms with Crippen molar-refractivity contribution in [3.63, 3.8) is 0 Å². The summed E-state index contributed by atoms with van der Waals surface area (Å²) in [5.74, 6) is -0.823. The van der Waals surface area contributed by atoms with E-state index >= 15 is 0 Å². The van der Waals surface area contributed by atoms with Gasteiger partial charge in [0.25, 0.3) is 5.91 Å². The number of aromatic amines is 1. The average molecular weight is 365 g/mol. The van der Waals surface area contributed by atoms with Crippen LogP contribution < -0.4 is 5.32 Å². The Labute approximate surface area is 158 Å². The van der Waals surface area contributed by atoms with Crippen LogP contribution in [0.5, 0.6) is 0 Å². The van der Waals surface area contributed by atoms with E-state index < -0.39 is 11.6 Å². The number of hydrogen-bond acceptors (Lipinski definition) is 4. The van der Waals surface area contributed by atoms with E-state index in [0.29, 0.717) is 17.7 Å². The molecule has 0 aliphatic heterocycles. The van der Waals surface area contributed by atoms with Crippen LogP contribution >= 0.6 is 0 Å². The largest absolute Gasteiger partial charge is 0.456 e. The molecule has 3 aromatic rings. The molecule has 0 bridgehead atoms. The number of carbonyl (C=O) groups is 2. The first-order valence-electron chi connectivity index (χ1n) is 8.78. The van der Waals surface area contributed by atoms with Gasteiger partial charge in [0.2, 0.25) is 0 Å². The summed E-state index contributed by atoms with van der Waals surface area (Å²) in [6, 6.07) is 11.1. The molecule has 2 aromatic heterocycles. The minimum Gasteiger partial charge on any atom is -0.456 e. The summed E-state index contributed by atoms with van der Waals surface area (Å²) in [5.41, 5.74) is 2.58. The first kappa shape index (κ1) is 18.6. The molecule has 1 amide bonds. The molecule has 0 spiro atoms. The highest BCUT2D eigenvalue weighted by Gasteiger charge is 2.21. The first-order chi connectivity index (χ1) is 12.8. The van der Waals surface area contributed by atoms with Crippen molar-refractivity contribution in [2.75, 3.05) is 7.05 Å². The van der Waals surface area contributed by atoms with E-state index in [1.807, 2.05) is 30.5 Å². The molecule has 27 heavy (non-hydrogen) atoms. The maximum absolute atomic E-state index is 12.5. The van der Waals surface area contributed by atoms with Crippen LogP contribution in [0.15, 0.2) is 42.6 Å². The van der Waals surface area contributed by atoms with Crippen molar-refractivity contribution in [2.24, 2.45) is 0 Å². The molecule has 6 nitrogen and oxygen atoms in total. The van der Waals surface area contributed by atoms with Crippen molar-refractivity contribution in [2.45, 2.75) is 32.8 Å². The molecule has 0 atom stereocenters. The highest BCUT2D eigenvalue weighted by Crippen LogP contribution is 2.21. The lowest BCUT2D eigenvalue weighted by Gasteiger charge is -2.19. The maximum Gasteiger partial charge on any atom is 0.338 e. The zero-order valence-electron chi connectivity index (χ0n) is 15.9. The van der Waals surface area contributed by atoms with E-state index in [9.17, 15) is 9.59 Å². The number of rotatable bonds is 4. The number of ether oxygens (including phenoxy) is 1. The van der Waals surface area contributed by atoms with Crippen molar-refractivity contribution in [3.05, 3.63) is 65.1 Å². The summed E-state index contributed by atoms with van der Waals surface area (Å²) in [7, 11) is 1.53. The van der Waals surface area contributed by atoms with E-state index in [0.717, 1.165) is 16.5 Å². The number of carbonyl (C=O) groups excluding carboxylic acids is 2. The first-order valence-corrected chi connectivity index (χ1v) is 8.78. The Kier molecular flexibility index (Phi) is 4.99. The molecule has 2 heterocycles. The zero-order chi connectivity index (χ0) is 19.6. The van der Waals surface area contributed by atoms with Gasteiger partial charge in [-0.25, -0.2) is 9.78 Å². The normalized spacial score (nSPS) is 11.4. The zero-order valence-corrected chi connectivity index (χ0v) is 15.9. The topological polar surface area (TPSA) is 84.1 Å². The number of para-hydroxylation sites is 1. The molecule has 1 aromatic carbocycles. The van der Waals surface area contributed by atoms with Gasteiger partial charge in [-0.1, -0.05) is 18.2 Å². The fourth-order valence-electron chi connectivity index (χ4n) is 2.85. The van der Waals surface area contributed by atoms with Gasteiger partial charge in [0.1, 0.15) is 11.3 Å². The van der Waals surface area contributed by atoms with Crippen LogP contribution in [-0.2, 0) is 11.2 Å². The molecule has 0 unspecified atom stereocenters. The lowest BCUT2D eigenvalue weighted by molar-refractivity contribution is 0.00692. The van der Waals surface area contributed by atoms with E-state index in [-0.39, 0.29) is 11.6 Å². The number of fused-ring (bicyclic) bond motifs is 1. The van der Waals surface area contributed by atoms with Gasteiger partial charge >= 0.3 is 5.97 Å². The van der Waals surface area contributed by atoms with Gasteiger partial charge in [-0.05, 0) is 44.5 Å². The van der Waals surface area contributed by atoms with Crippen molar-refractivity contribution in [3.8, 4) is 0 Å². The molecule has 0 saturated heterocycles. The van der Waals surface area contributed by atoms with Crippen molar-refractivity contribution < 1.29 is 14.3 Å². The summed E-state index contributed by atoms with van der Waals surface area (Å²) < 4.78 is 5.45. The lowest BCUT2D eigenvalue weighted by Crippen LogP contribution is -2.25. The summed E-state index contributed by atoms with van der Waals surface area (Å²) in [5, 5.41) is 3.64. The average Bonchev–Trinajstić information content (AvgIpc) is 3.02. The van der Waals surface area contributed by atoms with Crippen LogP contribution in [0.2, 0.25) is 0 Å². The Balaban J connectivity index is 1.99. The predicted octanol–water partition coefficient (Wildman–Crippen LogP) is 3.47. The second-order valence-corrected chi connectivity index (χ2v) is 7.35. The van der Waals surface area contributed by atoms with E-state index in [1.54, 1.807) is 26.8 Å². The highest BCUT2D eigenvalue weighted by molar-refractivity contribution is 5.96. The Bertz CT molecular complexity index is 999. The lowest BCUT2D eigenvalue weighted by atomic mass is 10.1. The maximum atomic E-state index is 12.5. The monoisotopic (exact) mass is 365 g/mol. The number of benzene rings is 1. The second-order valence-electron chi connectivity index (χ2n) is 7.35. The van der Waals surface area contributed by atoms with Crippen LogP contribution in [0.3, 0.4) is 0 Å². The minimum atomic E-state index is -0.621. The smallest absolute Gasteiger partial charge is 0.338 e. The molecule has 0 saturated carbocycles. The van der Waals surface area contributed by atoms with Gasteiger partial charge in [-0.2, -0.15) is 0 Å². The van der Waals surface area contributed by atoms with E-state index in [1.165, 1.54) is 13.1 Å². The number of esters is 1. The highest BCUT2D eigenvalue weighted by atomic mass is 16.6. The van der Waals surface area contributed by atoms with E-state index in [4.69, 9.17) is 4.74 Å². The van der Waals surface area contributed by atoms with Crippen molar-refractivity contribution in [1.82, 2.24) is 15.3 Å². The molecular weight excluding hydrogens is 342 g/mol. The molecule has 2 N–H and O–H groups in total. The van der Waals surface area contributed by atoms with Crippen LogP contribution in [0, 0.1) is 0 Å². The molecule has 0 aliphatic carbocycles. The predicted molar refractivity (Wildman–Crippen MR) is 104 cm³/mol. The van der Waals surface area contributed by atoms with Gasteiger partial charge in [-0.15, -0.1) is 0 Å². The molecule has 0 radical (unpaired) electrons. The van der Waals surface area contributed by atoms with Gasteiger partial charge < -0.3 is 15.0 Å². The molecule has 3 rings (SSSR count). The third-order valence-electron chi connectivity index (χ3n) is 4.02. The van der Waals surface area contributed by atoms with Gasteiger partial charge in [0.05, 0.1) is 5.56 Å². The molecular formula is C21H23N3O3. The summed E-state index contributed by atoms with van der Waals surface area (Å²) >= 11 is 0. The SMILES string of the molecule is CNC(=O)c1cc(C(=O)OC(C)(C)C)cc(Cc2c[nH]c3ccccc23)n1. The van der Waals surface area contributed by atoms with Crippen LogP contribution in [-0.4, -0.2) is 34.5 Å². The second kappa shape index (κ2) is 7.23. The number of nitrogens with zero attached hydrogens (tertiary/aromatic N) is 1. The summed E-state index contributed by atoms with van der Waals surface area (Å²) in [6.07, 6.45) is 2.41. The van der Waals surface area contributed by atoms with Crippen LogP contribution in [0.4, 0.5) is 0 Å². The standard InChI is InChI=1S/C21H23N3O3/c1-21(2,3)27-20(26)13-9-15(24-18(11-13)19(25)22-4)10-14-12-23-17-8-6-5-7-16(14)17/h5-9,11-12,23H,10H2,1-4H3,(H,22,25). The number of pyridine rings is 1. The fraction of sp³-hybridized carbons (Fsp3) is 0.286. The Morgan fingerprint density at radius 1 is 1.19 bits per heavy atom. The summed E-state index contributed by atoms with van der Waals surface area (Å²) in [6.45, 7) is 5.41. The third-order valence-corrected chi connectivity index (χ3v) is 4.02. The van der Waals surface area contributed by atoms with Crippen molar-refractivity contribution >= 4 is 22.8 Å².